The van der Waals surface area contributed by atoms with Crippen LogP contribution in [0.5, 0.6) is 0 Å². The molecule has 2 unspecified atom stereocenters. The highest BCUT2D eigenvalue weighted by atomic mass is 19.1. The van der Waals surface area contributed by atoms with E-state index in [1.54, 1.807) is 12.1 Å². The van der Waals surface area contributed by atoms with Crippen LogP contribution in [0.2, 0.25) is 0 Å². The number of nitrogens with one attached hydrogen (secondary N) is 1. The highest BCUT2D eigenvalue weighted by Crippen LogP contribution is 2.36. The zero-order chi connectivity index (χ0) is 12.3. The maximum atomic E-state index is 12.9. The molecular formula is C15H22FN. The van der Waals surface area contributed by atoms with E-state index in [1.165, 1.54) is 18.4 Å². The quantitative estimate of drug-likeness (QED) is 0.788. The first-order valence-electron chi connectivity index (χ1n) is 6.69. The topological polar surface area (TPSA) is 12.0 Å². The Kier molecular flexibility index (Phi) is 4.16. The number of benzene rings is 1. The normalized spacial score (nSPS) is 19.0. The van der Waals surface area contributed by atoms with Gasteiger partial charge in [0, 0.05) is 6.04 Å². The van der Waals surface area contributed by atoms with Gasteiger partial charge in [0.15, 0.2) is 0 Å². The summed E-state index contributed by atoms with van der Waals surface area (Å²) in [6, 6.07) is 7.22. The van der Waals surface area contributed by atoms with E-state index < -0.39 is 0 Å². The van der Waals surface area contributed by atoms with Crippen LogP contribution in [0.3, 0.4) is 0 Å². The van der Waals surface area contributed by atoms with Crippen LogP contribution in [-0.2, 0) is 0 Å². The second-order valence-corrected chi connectivity index (χ2v) is 5.24. The summed E-state index contributed by atoms with van der Waals surface area (Å²) in [6.07, 6.45) is 3.84. The maximum absolute atomic E-state index is 12.9. The molecule has 1 fully saturated rings. The molecule has 1 nitrogen and oxygen atoms in total. The molecule has 0 saturated heterocycles. The van der Waals surface area contributed by atoms with Crippen LogP contribution in [0, 0.1) is 17.7 Å². The fourth-order valence-corrected chi connectivity index (χ4v) is 2.35. The standard InChI is InChI=1S/C15H22FN/c1-3-15(13-6-8-14(16)9-7-13)17-10-11(2)12-4-5-12/h6-9,11-12,15,17H,3-5,10H2,1-2H3. The number of hydrogen-bond acceptors (Lipinski definition) is 1. The molecule has 0 spiro atoms. The summed E-state index contributed by atoms with van der Waals surface area (Å²) < 4.78 is 12.9. The molecule has 1 aromatic carbocycles. The van der Waals surface area contributed by atoms with E-state index in [1.807, 2.05) is 12.1 Å². The highest BCUT2D eigenvalue weighted by molar-refractivity contribution is 5.19. The van der Waals surface area contributed by atoms with Gasteiger partial charge in [-0.1, -0.05) is 26.0 Å². The predicted octanol–water partition coefficient (Wildman–Crippen LogP) is 3.91. The minimum absolute atomic E-state index is 0.157. The van der Waals surface area contributed by atoms with Crippen molar-refractivity contribution in [1.82, 2.24) is 5.32 Å². The SMILES string of the molecule is CCC(NCC(C)C1CC1)c1ccc(F)cc1. The number of rotatable bonds is 6. The van der Waals surface area contributed by atoms with E-state index in [4.69, 9.17) is 0 Å². The monoisotopic (exact) mass is 235 g/mol. The summed E-state index contributed by atoms with van der Waals surface area (Å²) in [5, 5.41) is 3.60. The smallest absolute Gasteiger partial charge is 0.123 e. The Balaban J connectivity index is 1.88. The lowest BCUT2D eigenvalue weighted by Gasteiger charge is -2.20. The average molecular weight is 235 g/mol. The summed E-state index contributed by atoms with van der Waals surface area (Å²) in [7, 11) is 0. The second kappa shape index (κ2) is 5.63. The van der Waals surface area contributed by atoms with Gasteiger partial charge in [-0.2, -0.15) is 0 Å². The van der Waals surface area contributed by atoms with Crippen LogP contribution in [-0.4, -0.2) is 6.54 Å². The largest absolute Gasteiger partial charge is 0.310 e. The van der Waals surface area contributed by atoms with Crippen molar-refractivity contribution in [1.29, 1.82) is 0 Å². The van der Waals surface area contributed by atoms with Gasteiger partial charge >= 0.3 is 0 Å². The van der Waals surface area contributed by atoms with E-state index in [-0.39, 0.29) is 5.82 Å². The van der Waals surface area contributed by atoms with Gasteiger partial charge in [-0.25, -0.2) is 4.39 Å². The minimum atomic E-state index is -0.157. The molecule has 1 aliphatic rings. The third-order valence-corrected chi connectivity index (χ3v) is 3.79. The van der Waals surface area contributed by atoms with Crippen molar-refractivity contribution in [3.8, 4) is 0 Å². The fraction of sp³-hybridized carbons (Fsp3) is 0.600. The summed E-state index contributed by atoms with van der Waals surface area (Å²) >= 11 is 0. The molecule has 2 rings (SSSR count). The molecule has 1 aliphatic carbocycles. The Bertz CT molecular complexity index is 342. The van der Waals surface area contributed by atoms with Crippen molar-refractivity contribution in [2.24, 2.45) is 11.8 Å². The fourth-order valence-electron chi connectivity index (χ4n) is 2.35. The lowest BCUT2D eigenvalue weighted by atomic mass is 10.0. The van der Waals surface area contributed by atoms with E-state index in [0.29, 0.717) is 6.04 Å². The highest BCUT2D eigenvalue weighted by Gasteiger charge is 2.27. The molecule has 0 bridgehead atoms. The van der Waals surface area contributed by atoms with Crippen molar-refractivity contribution in [2.45, 2.75) is 39.2 Å². The average Bonchev–Trinajstić information content (AvgIpc) is 3.16. The lowest BCUT2D eigenvalue weighted by Crippen LogP contribution is -2.26. The molecule has 0 aromatic heterocycles. The first-order chi connectivity index (χ1) is 8.20. The third-order valence-electron chi connectivity index (χ3n) is 3.79. The zero-order valence-corrected chi connectivity index (χ0v) is 10.7. The number of hydrogen-bond donors (Lipinski definition) is 1. The van der Waals surface area contributed by atoms with Gasteiger partial charge in [-0.05, 0) is 55.3 Å². The number of halogens is 1. The molecule has 94 valence electrons. The van der Waals surface area contributed by atoms with Crippen LogP contribution in [0.4, 0.5) is 4.39 Å². The minimum Gasteiger partial charge on any atom is -0.310 e. The van der Waals surface area contributed by atoms with Crippen molar-refractivity contribution in [2.75, 3.05) is 6.54 Å². The van der Waals surface area contributed by atoms with Crippen molar-refractivity contribution in [3.05, 3.63) is 35.6 Å². The van der Waals surface area contributed by atoms with Gasteiger partial charge in [-0.15, -0.1) is 0 Å². The van der Waals surface area contributed by atoms with E-state index in [0.717, 1.165) is 24.8 Å². The van der Waals surface area contributed by atoms with Crippen molar-refractivity contribution in [3.63, 3.8) is 0 Å². The molecule has 17 heavy (non-hydrogen) atoms. The van der Waals surface area contributed by atoms with Gasteiger partial charge in [0.25, 0.3) is 0 Å². The van der Waals surface area contributed by atoms with Crippen LogP contribution >= 0.6 is 0 Å². The van der Waals surface area contributed by atoms with Crippen LogP contribution in [0.25, 0.3) is 0 Å². The van der Waals surface area contributed by atoms with Crippen molar-refractivity contribution < 1.29 is 4.39 Å². The molecule has 2 atom stereocenters. The summed E-state index contributed by atoms with van der Waals surface area (Å²) in [5.41, 5.74) is 1.19. The van der Waals surface area contributed by atoms with Gasteiger partial charge in [0.1, 0.15) is 5.82 Å². The lowest BCUT2D eigenvalue weighted by molar-refractivity contribution is 0.414. The molecule has 0 radical (unpaired) electrons. The summed E-state index contributed by atoms with van der Waals surface area (Å²) in [6.45, 7) is 5.56. The summed E-state index contributed by atoms with van der Waals surface area (Å²) in [4.78, 5) is 0. The predicted molar refractivity (Wildman–Crippen MR) is 69.3 cm³/mol. The Morgan fingerprint density at radius 1 is 1.29 bits per heavy atom. The molecule has 0 amide bonds. The Labute approximate surface area is 103 Å². The second-order valence-electron chi connectivity index (χ2n) is 5.24. The van der Waals surface area contributed by atoms with Crippen LogP contribution in [0.15, 0.2) is 24.3 Å². The van der Waals surface area contributed by atoms with E-state index >= 15 is 0 Å². The third kappa shape index (κ3) is 3.53. The molecule has 0 heterocycles. The molecule has 1 aromatic rings. The van der Waals surface area contributed by atoms with E-state index in [2.05, 4.69) is 19.2 Å². The Morgan fingerprint density at radius 3 is 2.47 bits per heavy atom. The van der Waals surface area contributed by atoms with Crippen LogP contribution < -0.4 is 5.32 Å². The first kappa shape index (κ1) is 12.6. The molecule has 1 N–H and O–H groups in total. The Morgan fingerprint density at radius 2 is 1.94 bits per heavy atom. The van der Waals surface area contributed by atoms with Gasteiger partial charge in [0.2, 0.25) is 0 Å². The summed E-state index contributed by atoms with van der Waals surface area (Å²) in [5.74, 6) is 1.55. The van der Waals surface area contributed by atoms with Gasteiger partial charge < -0.3 is 5.32 Å². The zero-order valence-electron chi connectivity index (χ0n) is 10.7. The molecule has 0 aliphatic heterocycles. The van der Waals surface area contributed by atoms with Gasteiger partial charge in [-0.3, -0.25) is 0 Å². The molecular weight excluding hydrogens is 213 g/mol. The van der Waals surface area contributed by atoms with Gasteiger partial charge in [0.05, 0.1) is 0 Å². The van der Waals surface area contributed by atoms with Crippen molar-refractivity contribution >= 4 is 0 Å². The maximum Gasteiger partial charge on any atom is 0.123 e. The first-order valence-corrected chi connectivity index (χ1v) is 6.69. The van der Waals surface area contributed by atoms with E-state index in [9.17, 15) is 4.39 Å². The Hall–Kier alpha value is -0.890. The molecule has 2 heteroatoms. The van der Waals surface area contributed by atoms with Crippen LogP contribution in [0.1, 0.15) is 44.7 Å². The molecule has 1 saturated carbocycles.